The summed E-state index contributed by atoms with van der Waals surface area (Å²) < 4.78 is 1.00. The Bertz CT molecular complexity index is 474. The molecule has 1 aromatic heterocycles. The van der Waals surface area contributed by atoms with Gasteiger partial charge in [0.15, 0.2) is 0 Å². The number of halogens is 1. The molecular weight excluding hydrogens is 318 g/mol. The van der Waals surface area contributed by atoms with Crippen molar-refractivity contribution in [2.24, 2.45) is 5.92 Å². The fourth-order valence-corrected chi connectivity index (χ4v) is 3.79. The number of carboxylic acid groups (broad SMARTS) is 1. The number of amides is 1. The van der Waals surface area contributed by atoms with Gasteiger partial charge in [0, 0.05) is 17.5 Å². The third-order valence-electron chi connectivity index (χ3n) is 3.35. The Morgan fingerprint density at radius 1 is 1.56 bits per heavy atom. The molecule has 18 heavy (non-hydrogen) atoms. The van der Waals surface area contributed by atoms with Gasteiger partial charge < -0.3 is 10.0 Å². The molecule has 2 rings (SSSR count). The zero-order valence-corrected chi connectivity index (χ0v) is 12.3. The second kappa shape index (κ2) is 5.40. The predicted molar refractivity (Wildman–Crippen MR) is 72.6 cm³/mol. The van der Waals surface area contributed by atoms with E-state index in [1.54, 1.807) is 4.90 Å². The number of hydrogen-bond donors (Lipinski definition) is 1. The van der Waals surface area contributed by atoms with Crippen molar-refractivity contribution >= 4 is 39.1 Å². The van der Waals surface area contributed by atoms with Gasteiger partial charge in [-0.3, -0.25) is 9.59 Å². The lowest BCUT2D eigenvalue weighted by Crippen LogP contribution is -2.38. The number of aliphatic carboxylic acids is 1. The highest BCUT2D eigenvalue weighted by atomic mass is 79.9. The van der Waals surface area contributed by atoms with Gasteiger partial charge in [0.05, 0.1) is 16.1 Å². The molecule has 0 saturated carbocycles. The van der Waals surface area contributed by atoms with Crippen LogP contribution in [-0.2, 0) is 16.0 Å². The fourth-order valence-electron chi connectivity index (χ4n) is 2.32. The van der Waals surface area contributed by atoms with Gasteiger partial charge in [-0.15, -0.1) is 11.3 Å². The van der Waals surface area contributed by atoms with E-state index >= 15 is 0 Å². The van der Waals surface area contributed by atoms with Gasteiger partial charge >= 0.3 is 5.97 Å². The zero-order chi connectivity index (χ0) is 13.3. The topological polar surface area (TPSA) is 57.6 Å². The van der Waals surface area contributed by atoms with Gasteiger partial charge in [-0.2, -0.15) is 0 Å². The summed E-state index contributed by atoms with van der Waals surface area (Å²) in [6, 6.07) is 3.63. The molecule has 1 aliphatic heterocycles. The first-order valence-corrected chi connectivity index (χ1v) is 7.36. The number of rotatable bonds is 3. The molecule has 0 bridgehead atoms. The molecule has 1 aromatic rings. The molecule has 1 amide bonds. The molecule has 2 unspecified atom stereocenters. The molecule has 1 aliphatic rings. The van der Waals surface area contributed by atoms with Crippen molar-refractivity contribution in [3.63, 3.8) is 0 Å². The highest BCUT2D eigenvalue weighted by molar-refractivity contribution is 9.11. The van der Waals surface area contributed by atoms with E-state index in [1.807, 2.05) is 19.1 Å². The van der Waals surface area contributed by atoms with Crippen molar-refractivity contribution in [2.75, 3.05) is 6.54 Å². The number of carbonyl (C=O) groups is 2. The lowest BCUT2D eigenvalue weighted by atomic mass is 10.0. The average Bonchev–Trinajstić information content (AvgIpc) is 2.85. The van der Waals surface area contributed by atoms with Crippen molar-refractivity contribution in [3.05, 3.63) is 20.8 Å². The molecule has 2 atom stereocenters. The Kier molecular flexibility index (Phi) is 4.07. The summed E-state index contributed by atoms with van der Waals surface area (Å²) in [5.74, 6) is -1.22. The average molecular weight is 332 g/mol. The molecule has 1 N–H and O–H groups in total. The molecule has 98 valence electrons. The second-order valence-electron chi connectivity index (χ2n) is 4.44. The van der Waals surface area contributed by atoms with E-state index in [-0.39, 0.29) is 11.9 Å². The second-order valence-corrected chi connectivity index (χ2v) is 6.99. The highest BCUT2D eigenvalue weighted by Crippen LogP contribution is 2.27. The number of thiophene rings is 1. The van der Waals surface area contributed by atoms with Crippen LogP contribution < -0.4 is 0 Å². The number of nitrogens with zero attached hydrogens (tertiary/aromatic N) is 1. The first kappa shape index (κ1) is 13.5. The zero-order valence-electron chi connectivity index (χ0n) is 9.93. The maximum Gasteiger partial charge on any atom is 0.308 e. The predicted octanol–water partition coefficient (Wildman–Crippen LogP) is 2.37. The van der Waals surface area contributed by atoms with Crippen LogP contribution in [0.1, 0.15) is 18.2 Å². The molecule has 1 fully saturated rings. The van der Waals surface area contributed by atoms with Crippen molar-refractivity contribution < 1.29 is 14.7 Å². The van der Waals surface area contributed by atoms with Crippen LogP contribution in [0.15, 0.2) is 15.9 Å². The number of hydrogen-bond acceptors (Lipinski definition) is 3. The van der Waals surface area contributed by atoms with E-state index in [2.05, 4.69) is 15.9 Å². The third kappa shape index (κ3) is 2.75. The summed E-state index contributed by atoms with van der Waals surface area (Å²) in [7, 11) is 0. The molecule has 0 spiro atoms. The van der Waals surface area contributed by atoms with Crippen LogP contribution in [-0.4, -0.2) is 34.5 Å². The van der Waals surface area contributed by atoms with E-state index in [1.165, 1.54) is 11.3 Å². The SMILES string of the molecule is CC1C(C(=O)O)CCN1C(=O)Cc1ccc(Br)s1. The quantitative estimate of drug-likeness (QED) is 0.925. The monoisotopic (exact) mass is 331 g/mol. The maximum absolute atomic E-state index is 12.1. The van der Waals surface area contributed by atoms with E-state index in [4.69, 9.17) is 5.11 Å². The Hall–Kier alpha value is -0.880. The summed E-state index contributed by atoms with van der Waals surface area (Å²) in [6.45, 7) is 2.36. The number of carbonyl (C=O) groups excluding carboxylic acids is 1. The van der Waals surface area contributed by atoms with Gasteiger partial charge in [0.25, 0.3) is 0 Å². The van der Waals surface area contributed by atoms with Crippen LogP contribution in [0.2, 0.25) is 0 Å². The first-order chi connectivity index (χ1) is 8.49. The molecule has 0 aromatic carbocycles. The summed E-state index contributed by atoms with van der Waals surface area (Å²) in [6.07, 6.45) is 0.906. The van der Waals surface area contributed by atoms with Crippen LogP contribution in [0.5, 0.6) is 0 Å². The van der Waals surface area contributed by atoms with Crippen LogP contribution in [0.3, 0.4) is 0 Å². The standard InChI is InChI=1S/C12H14BrNO3S/c1-7-9(12(16)17)4-5-14(7)11(15)6-8-2-3-10(13)18-8/h2-3,7,9H,4-6H2,1H3,(H,16,17). The number of carboxylic acids is 1. The highest BCUT2D eigenvalue weighted by Gasteiger charge is 2.37. The van der Waals surface area contributed by atoms with Crippen molar-refractivity contribution in [1.29, 1.82) is 0 Å². The van der Waals surface area contributed by atoms with Gasteiger partial charge in [-0.1, -0.05) is 0 Å². The van der Waals surface area contributed by atoms with Gasteiger partial charge in [-0.05, 0) is 41.4 Å². The fraction of sp³-hybridized carbons (Fsp3) is 0.500. The Morgan fingerprint density at radius 3 is 2.78 bits per heavy atom. The molecule has 4 nitrogen and oxygen atoms in total. The lowest BCUT2D eigenvalue weighted by Gasteiger charge is -2.23. The van der Waals surface area contributed by atoms with Crippen LogP contribution in [0, 0.1) is 5.92 Å². The minimum Gasteiger partial charge on any atom is -0.481 e. The minimum absolute atomic E-state index is 0.0144. The minimum atomic E-state index is -0.809. The van der Waals surface area contributed by atoms with E-state index < -0.39 is 11.9 Å². The molecule has 2 heterocycles. The molecule has 0 radical (unpaired) electrons. The van der Waals surface area contributed by atoms with Crippen LogP contribution >= 0.6 is 27.3 Å². The Labute approximate surface area is 118 Å². The lowest BCUT2D eigenvalue weighted by molar-refractivity contribution is -0.143. The van der Waals surface area contributed by atoms with Gasteiger partial charge in [-0.25, -0.2) is 0 Å². The van der Waals surface area contributed by atoms with Gasteiger partial charge in [0.2, 0.25) is 5.91 Å². The van der Waals surface area contributed by atoms with Crippen LogP contribution in [0.25, 0.3) is 0 Å². The van der Waals surface area contributed by atoms with Crippen molar-refractivity contribution in [1.82, 2.24) is 4.90 Å². The van der Waals surface area contributed by atoms with Gasteiger partial charge in [0.1, 0.15) is 0 Å². The largest absolute Gasteiger partial charge is 0.481 e. The Balaban J connectivity index is 2.00. The van der Waals surface area contributed by atoms with E-state index in [9.17, 15) is 9.59 Å². The normalized spacial score (nSPS) is 23.3. The summed E-state index contributed by atoms with van der Waals surface area (Å²) in [4.78, 5) is 25.8. The summed E-state index contributed by atoms with van der Waals surface area (Å²) in [5.41, 5.74) is 0. The maximum atomic E-state index is 12.1. The summed E-state index contributed by atoms with van der Waals surface area (Å²) in [5, 5.41) is 9.03. The third-order valence-corrected chi connectivity index (χ3v) is 4.97. The van der Waals surface area contributed by atoms with E-state index in [0.717, 1.165) is 8.66 Å². The molecular formula is C12H14BrNO3S. The smallest absolute Gasteiger partial charge is 0.308 e. The molecule has 1 saturated heterocycles. The van der Waals surface area contributed by atoms with Crippen molar-refractivity contribution in [2.45, 2.75) is 25.8 Å². The number of likely N-dealkylation sites (tertiary alicyclic amines) is 1. The van der Waals surface area contributed by atoms with E-state index in [0.29, 0.717) is 19.4 Å². The van der Waals surface area contributed by atoms with Crippen molar-refractivity contribution in [3.8, 4) is 0 Å². The van der Waals surface area contributed by atoms with Crippen LogP contribution in [0.4, 0.5) is 0 Å². The Morgan fingerprint density at radius 2 is 2.28 bits per heavy atom. The molecule has 0 aliphatic carbocycles. The first-order valence-electron chi connectivity index (χ1n) is 5.75. The summed E-state index contributed by atoms with van der Waals surface area (Å²) >= 11 is 4.90. The molecule has 6 heteroatoms.